The van der Waals surface area contributed by atoms with E-state index in [2.05, 4.69) is 5.32 Å². The SMILES string of the molecule is CCNCCc1cc(N)ccc1C(F)(F)F. The van der Waals surface area contributed by atoms with Crippen LogP contribution < -0.4 is 11.1 Å². The van der Waals surface area contributed by atoms with Crippen molar-refractivity contribution in [3.63, 3.8) is 0 Å². The van der Waals surface area contributed by atoms with E-state index in [-0.39, 0.29) is 5.56 Å². The zero-order valence-corrected chi connectivity index (χ0v) is 9.06. The fourth-order valence-corrected chi connectivity index (χ4v) is 1.50. The maximum atomic E-state index is 12.6. The summed E-state index contributed by atoms with van der Waals surface area (Å²) >= 11 is 0. The van der Waals surface area contributed by atoms with Crippen LogP contribution >= 0.6 is 0 Å². The maximum absolute atomic E-state index is 12.6. The first-order valence-corrected chi connectivity index (χ1v) is 5.11. The van der Waals surface area contributed by atoms with Crippen LogP contribution in [-0.2, 0) is 12.6 Å². The number of halogens is 3. The van der Waals surface area contributed by atoms with Gasteiger partial charge in [0, 0.05) is 5.69 Å². The van der Waals surface area contributed by atoms with Crippen LogP contribution in [0.1, 0.15) is 18.1 Å². The number of anilines is 1. The lowest BCUT2D eigenvalue weighted by Gasteiger charge is -2.13. The molecule has 0 saturated heterocycles. The van der Waals surface area contributed by atoms with Gasteiger partial charge in [0.15, 0.2) is 0 Å². The highest BCUT2D eigenvalue weighted by Crippen LogP contribution is 2.33. The Bertz CT molecular complexity index is 348. The van der Waals surface area contributed by atoms with E-state index in [4.69, 9.17) is 5.73 Å². The van der Waals surface area contributed by atoms with Crippen molar-refractivity contribution >= 4 is 5.69 Å². The molecule has 0 radical (unpaired) electrons. The van der Waals surface area contributed by atoms with Crippen LogP contribution in [0.3, 0.4) is 0 Å². The van der Waals surface area contributed by atoms with Gasteiger partial charge in [-0.3, -0.25) is 0 Å². The third-order valence-corrected chi connectivity index (χ3v) is 2.26. The lowest BCUT2D eigenvalue weighted by molar-refractivity contribution is -0.138. The van der Waals surface area contributed by atoms with E-state index >= 15 is 0 Å². The average Bonchev–Trinajstić information content (AvgIpc) is 2.16. The molecule has 1 aromatic rings. The minimum Gasteiger partial charge on any atom is -0.399 e. The monoisotopic (exact) mass is 232 g/mol. The molecule has 90 valence electrons. The van der Waals surface area contributed by atoms with Crippen LogP contribution in [0.15, 0.2) is 18.2 Å². The summed E-state index contributed by atoms with van der Waals surface area (Å²) in [6.07, 6.45) is -3.98. The van der Waals surface area contributed by atoms with Gasteiger partial charge in [-0.15, -0.1) is 0 Å². The summed E-state index contributed by atoms with van der Waals surface area (Å²) in [4.78, 5) is 0. The average molecular weight is 232 g/mol. The van der Waals surface area contributed by atoms with E-state index < -0.39 is 11.7 Å². The molecule has 0 saturated carbocycles. The number of rotatable bonds is 4. The van der Waals surface area contributed by atoms with Gasteiger partial charge in [0.2, 0.25) is 0 Å². The van der Waals surface area contributed by atoms with E-state index in [9.17, 15) is 13.2 Å². The first-order chi connectivity index (χ1) is 7.45. The van der Waals surface area contributed by atoms with Crippen LogP contribution in [0.25, 0.3) is 0 Å². The molecule has 0 aliphatic carbocycles. The highest BCUT2D eigenvalue weighted by Gasteiger charge is 2.32. The molecule has 16 heavy (non-hydrogen) atoms. The van der Waals surface area contributed by atoms with E-state index in [0.717, 1.165) is 12.6 Å². The molecule has 0 bridgehead atoms. The van der Waals surface area contributed by atoms with Gasteiger partial charge in [-0.05, 0) is 43.3 Å². The molecule has 2 nitrogen and oxygen atoms in total. The first kappa shape index (κ1) is 12.8. The number of benzene rings is 1. The Balaban J connectivity index is 2.90. The number of nitrogens with one attached hydrogen (secondary N) is 1. The molecule has 0 spiro atoms. The van der Waals surface area contributed by atoms with Crippen molar-refractivity contribution in [1.82, 2.24) is 5.32 Å². The third kappa shape index (κ3) is 3.41. The largest absolute Gasteiger partial charge is 0.416 e. The van der Waals surface area contributed by atoms with E-state index in [1.807, 2.05) is 6.92 Å². The molecular formula is C11H15F3N2. The summed E-state index contributed by atoms with van der Waals surface area (Å²) in [7, 11) is 0. The van der Waals surface area contributed by atoms with Crippen molar-refractivity contribution in [2.45, 2.75) is 19.5 Å². The molecule has 1 aromatic carbocycles. The zero-order chi connectivity index (χ0) is 12.2. The Labute approximate surface area is 92.6 Å². The number of alkyl halides is 3. The lowest BCUT2D eigenvalue weighted by Crippen LogP contribution is -2.18. The number of hydrogen-bond acceptors (Lipinski definition) is 2. The fraction of sp³-hybridized carbons (Fsp3) is 0.455. The lowest BCUT2D eigenvalue weighted by atomic mass is 10.0. The van der Waals surface area contributed by atoms with Gasteiger partial charge in [-0.2, -0.15) is 13.2 Å². The Morgan fingerprint density at radius 1 is 1.31 bits per heavy atom. The molecule has 5 heteroatoms. The smallest absolute Gasteiger partial charge is 0.399 e. The molecule has 0 aliphatic heterocycles. The van der Waals surface area contributed by atoms with Gasteiger partial charge < -0.3 is 11.1 Å². The molecular weight excluding hydrogens is 217 g/mol. The first-order valence-electron chi connectivity index (χ1n) is 5.11. The van der Waals surface area contributed by atoms with Crippen molar-refractivity contribution in [2.24, 2.45) is 0 Å². The van der Waals surface area contributed by atoms with Crippen LogP contribution in [0, 0.1) is 0 Å². The van der Waals surface area contributed by atoms with Crippen LogP contribution in [0.2, 0.25) is 0 Å². The van der Waals surface area contributed by atoms with Gasteiger partial charge >= 0.3 is 6.18 Å². The normalized spacial score (nSPS) is 11.8. The summed E-state index contributed by atoms with van der Waals surface area (Å²) in [6, 6.07) is 3.70. The van der Waals surface area contributed by atoms with Crippen molar-refractivity contribution in [3.05, 3.63) is 29.3 Å². The van der Waals surface area contributed by atoms with Gasteiger partial charge in [0.1, 0.15) is 0 Å². The van der Waals surface area contributed by atoms with Crippen LogP contribution in [0.5, 0.6) is 0 Å². The third-order valence-electron chi connectivity index (χ3n) is 2.26. The van der Waals surface area contributed by atoms with Gasteiger partial charge in [-0.25, -0.2) is 0 Å². The molecule has 0 heterocycles. The Kier molecular flexibility index (Phi) is 4.18. The second-order valence-electron chi connectivity index (χ2n) is 3.52. The summed E-state index contributed by atoms with van der Waals surface area (Å²) in [5, 5.41) is 2.99. The van der Waals surface area contributed by atoms with Gasteiger partial charge in [0.25, 0.3) is 0 Å². The Hall–Kier alpha value is -1.23. The minimum absolute atomic E-state index is 0.244. The molecule has 0 amide bonds. The van der Waals surface area contributed by atoms with Crippen molar-refractivity contribution < 1.29 is 13.2 Å². The molecule has 0 unspecified atom stereocenters. The van der Waals surface area contributed by atoms with E-state index in [1.54, 1.807) is 0 Å². The number of nitrogens with two attached hydrogens (primary N) is 1. The summed E-state index contributed by atoms with van der Waals surface area (Å²) in [5.41, 5.74) is 5.49. The highest BCUT2D eigenvalue weighted by atomic mass is 19.4. The zero-order valence-electron chi connectivity index (χ0n) is 9.06. The fourth-order valence-electron chi connectivity index (χ4n) is 1.50. The molecule has 0 atom stereocenters. The predicted molar refractivity (Wildman–Crippen MR) is 58.1 cm³/mol. The van der Waals surface area contributed by atoms with Crippen LogP contribution in [0.4, 0.5) is 18.9 Å². The maximum Gasteiger partial charge on any atom is 0.416 e. The topological polar surface area (TPSA) is 38.0 Å². The molecule has 3 N–H and O–H groups in total. The summed E-state index contributed by atoms with van der Waals surface area (Å²) in [5.74, 6) is 0. The summed E-state index contributed by atoms with van der Waals surface area (Å²) < 4.78 is 37.9. The Morgan fingerprint density at radius 3 is 2.56 bits per heavy atom. The second-order valence-corrected chi connectivity index (χ2v) is 3.52. The second kappa shape index (κ2) is 5.21. The Morgan fingerprint density at radius 2 is 2.00 bits per heavy atom. The quantitative estimate of drug-likeness (QED) is 0.618. The standard InChI is InChI=1S/C11H15F3N2/c1-2-16-6-5-8-7-9(15)3-4-10(8)11(12,13)14/h3-4,7,16H,2,5-6,15H2,1H3. The highest BCUT2D eigenvalue weighted by molar-refractivity contribution is 5.45. The van der Waals surface area contributed by atoms with Crippen molar-refractivity contribution in [1.29, 1.82) is 0 Å². The molecule has 1 rings (SSSR count). The number of likely N-dealkylation sites (N-methyl/N-ethyl adjacent to an activating group) is 1. The molecule has 0 fully saturated rings. The summed E-state index contributed by atoms with van der Waals surface area (Å²) in [6.45, 7) is 3.16. The van der Waals surface area contributed by atoms with Gasteiger partial charge in [-0.1, -0.05) is 6.92 Å². The molecule has 0 aromatic heterocycles. The van der Waals surface area contributed by atoms with Crippen molar-refractivity contribution in [3.8, 4) is 0 Å². The minimum atomic E-state index is -4.31. The van der Waals surface area contributed by atoms with Crippen LogP contribution in [-0.4, -0.2) is 13.1 Å². The van der Waals surface area contributed by atoms with E-state index in [1.165, 1.54) is 12.1 Å². The number of hydrogen-bond donors (Lipinski definition) is 2. The molecule has 0 aliphatic rings. The predicted octanol–water partition coefficient (Wildman–Crippen LogP) is 2.44. The number of nitrogen functional groups attached to an aromatic ring is 1. The van der Waals surface area contributed by atoms with Gasteiger partial charge in [0.05, 0.1) is 5.56 Å². The van der Waals surface area contributed by atoms with E-state index in [0.29, 0.717) is 18.7 Å². The van der Waals surface area contributed by atoms with Crippen molar-refractivity contribution in [2.75, 3.05) is 18.8 Å².